The molecule has 0 amide bonds. The first-order valence-electron chi connectivity index (χ1n) is 23.7. The minimum Gasteiger partial charge on any atom is -0.502 e. The Hall–Kier alpha value is -1.66. The molecule has 10 heteroatoms. The molecule has 4 rings (SSSR count). The maximum absolute atomic E-state index is 10.5. The Balaban J connectivity index is 0.000000529. The minimum absolute atomic E-state index is 0. The van der Waals surface area contributed by atoms with Gasteiger partial charge in [-0.05, 0) is 176 Å². The van der Waals surface area contributed by atoms with Crippen LogP contribution in [-0.4, -0.2) is 99.6 Å². The Morgan fingerprint density at radius 2 is 0.885 bits per heavy atom. The van der Waals surface area contributed by atoms with Gasteiger partial charge in [0.15, 0.2) is 0 Å². The van der Waals surface area contributed by atoms with E-state index < -0.39 is 0 Å². The Morgan fingerprint density at radius 1 is 0.541 bits per heavy atom. The molecule has 4 fully saturated rings. The third-order valence-corrected chi connectivity index (χ3v) is 13.6. The lowest BCUT2D eigenvalue weighted by Gasteiger charge is -2.51. The van der Waals surface area contributed by atoms with Gasteiger partial charge in [-0.15, -0.1) is 0 Å². The Kier molecular flexibility index (Phi) is 26.0. The molecule has 2 aliphatic heterocycles. The van der Waals surface area contributed by atoms with Crippen LogP contribution in [0.3, 0.4) is 0 Å². The molecule has 0 aromatic rings. The van der Waals surface area contributed by atoms with E-state index in [1.165, 1.54) is 80.3 Å². The summed E-state index contributed by atoms with van der Waals surface area (Å²) in [4.78, 5) is 0. The molecule has 0 spiro atoms. The van der Waals surface area contributed by atoms with Gasteiger partial charge < -0.3 is 38.8 Å². The van der Waals surface area contributed by atoms with Crippen LogP contribution in [0.1, 0.15) is 187 Å². The Bertz CT molecular complexity index is 1140. The van der Waals surface area contributed by atoms with Gasteiger partial charge >= 0.3 is 0 Å². The van der Waals surface area contributed by atoms with Crippen LogP contribution in [0.4, 0.5) is 0 Å². The van der Waals surface area contributed by atoms with E-state index in [0.717, 1.165) is 77.3 Å². The number of hydrogen-bond acceptors (Lipinski definition) is 10. The van der Waals surface area contributed by atoms with Crippen molar-refractivity contribution in [3.63, 3.8) is 0 Å². The molecule has 3 unspecified atom stereocenters. The Labute approximate surface area is 376 Å². The summed E-state index contributed by atoms with van der Waals surface area (Å²) in [6.45, 7) is 39.4. The summed E-state index contributed by atoms with van der Waals surface area (Å²) in [5.41, 5.74) is -1.03. The molecular weight excluding hydrogens is 769 g/mol. The molecular formula is C51H98N2O8. The van der Waals surface area contributed by atoms with Crippen LogP contribution in [0.25, 0.3) is 0 Å². The topological polar surface area (TPSA) is 102 Å². The first-order chi connectivity index (χ1) is 28.1. The largest absolute Gasteiger partial charge is 0.502 e. The number of hydroxylamine groups is 4. The molecule has 4 aliphatic rings. The molecule has 10 nitrogen and oxygen atoms in total. The fourth-order valence-corrected chi connectivity index (χ4v) is 9.97. The first-order valence-corrected chi connectivity index (χ1v) is 23.7. The second-order valence-corrected chi connectivity index (χ2v) is 21.1. The molecule has 2 saturated carbocycles. The third kappa shape index (κ3) is 20.4. The molecule has 0 bridgehead atoms. The van der Waals surface area contributed by atoms with E-state index in [9.17, 15) is 10.4 Å². The monoisotopic (exact) mass is 867 g/mol. The Morgan fingerprint density at radius 3 is 1.21 bits per heavy atom. The summed E-state index contributed by atoms with van der Waals surface area (Å²) in [6.07, 6.45) is 22.1. The average molecular weight is 867 g/mol. The smallest absolute Gasteiger partial charge is 0.101 e. The van der Waals surface area contributed by atoms with Gasteiger partial charge in [0.25, 0.3) is 0 Å². The minimum atomic E-state index is -0.273. The fourth-order valence-electron chi connectivity index (χ4n) is 9.97. The summed E-state index contributed by atoms with van der Waals surface area (Å²) < 4.78 is 34.6. The van der Waals surface area contributed by atoms with Crippen molar-refractivity contribution < 1.29 is 38.8 Å². The molecule has 61 heavy (non-hydrogen) atoms. The molecule has 0 aromatic carbocycles. The number of nitrogens with zero attached hydrogens (tertiary/aromatic N) is 2. The third-order valence-electron chi connectivity index (χ3n) is 13.6. The van der Waals surface area contributed by atoms with Gasteiger partial charge in [-0.3, -0.25) is 0 Å². The van der Waals surface area contributed by atoms with Crippen LogP contribution in [-0.2, 0) is 28.4 Å². The van der Waals surface area contributed by atoms with Crippen LogP contribution < -0.4 is 0 Å². The summed E-state index contributed by atoms with van der Waals surface area (Å²) in [5.74, 6) is 2.85. The quantitative estimate of drug-likeness (QED) is 0.115. The molecule has 0 radical (unpaired) electrons. The lowest BCUT2D eigenvalue weighted by Crippen LogP contribution is -2.60. The van der Waals surface area contributed by atoms with Crippen molar-refractivity contribution in [3.8, 4) is 0 Å². The van der Waals surface area contributed by atoms with Crippen LogP contribution in [0.5, 0.6) is 0 Å². The van der Waals surface area contributed by atoms with Crippen molar-refractivity contribution in [3.05, 3.63) is 38.5 Å². The van der Waals surface area contributed by atoms with Crippen LogP contribution in [0.15, 0.2) is 38.5 Å². The number of ether oxygens (including phenoxy) is 6. The van der Waals surface area contributed by atoms with Crippen molar-refractivity contribution >= 4 is 0 Å². The van der Waals surface area contributed by atoms with Crippen molar-refractivity contribution in [2.75, 3.05) is 26.4 Å². The van der Waals surface area contributed by atoms with E-state index in [1.54, 1.807) is 0 Å². The zero-order valence-corrected chi connectivity index (χ0v) is 40.7. The van der Waals surface area contributed by atoms with Gasteiger partial charge in [-0.2, -0.15) is 10.1 Å². The summed E-state index contributed by atoms with van der Waals surface area (Å²) >= 11 is 0. The summed E-state index contributed by atoms with van der Waals surface area (Å²) in [6, 6.07) is 0. The number of hydrogen-bond donors (Lipinski definition) is 2. The molecule has 3 atom stereocenters. The van der Waals surface area contributed by atoms with E-state index in [2.05, 4.69) is 75.1 Å². The van der Waals surface area contributed by atoms with Crippen molar-refractivity contribution in [2.24, 2.45) is 23.7 Å². The highest BCUT2D eigenvalue weighted by atomic mass is 16.5. The van der Waals surface area contributed by atoms with Gasteiger partial charge in [0.05, 0.1) is 56.4 Å². The lowest BCUT2D eigenvalue weighted by molar-refractivity contribution is -0.265. The van der Waals surface area contributed by atoms with Gasteiger partial charge in [0, 0.05) is 48.2 Å². The SMILES string of the molecule is C.C=COC1CC(C)(C)N(O)C(C)(C)C1.C=COCC1CCC(COC=C)CC1.CCC(C)OCC1CCC(COC(C)CC(CC)OC2CC(C)(C)N(O)C(C)(C)C2)CC1. The summed E-state index contributed by atoms with van der Waals surface area (Å²) in [7, 11) is 0. The molecule has 2 saturated heterocycles. The maximum atomic E-state index is 10.5. The normalized spacial score (nSPS) is 27.8. The van der Waals surface area contributed by atoms with Crippen LogP contribution in [0, 0.1) is 23.7 Å². The zero-order valence-electron chi connectivity index (χ0n) is 40.7. The highest BCUT2D eigenvalue weighted by Crippen LogP contribution is 2.40. The average Bonchev–Trinajstić information content (AvgIpc) is 3.19. The zero-order chi connectivity index (χ0) is 45.1. The van der Waals surface area contributed by atoms with Gasteiger partial charge in [0.2, 0.25) is 0 Å². The number of rotatable bonds is 20. The summed E-state index contributed by atoms with van der Waals surface area (Å²) in [5, 5.41) is 23.5. The van der Waals surface area contributed by atoms with Gasteiger partial charge in [-0.1, -0.05) is 41.0 Å². The van der Waals surface area contributed by atoms with Crippen LogP contribution in [0.2, 0.25) is 0 Å². The van der Waals surface area contributed by atoms with Crippen molar-refractivity contribution in [1.82, 2.24) is 10.1 Å². The predicted molar refractivity (Wildman–Crippen MR) is 252 cm³/mol. The molecule has 2 heterocycles. The second-order valence-electron chi connectivity index (χ2n) is 21.1. The predicted octanol–water partition coefficient (Wildman–Crippen LogP) is 12.9. The van der Waals surface area contributed by atoms with Crippen molar-refractivity contribution in [1.29, 1.82) is 0 Å². The van der Waals surface area contributed by atoms with E-state index in [4.69, 9.17) is 28.4 Å². The lowest BCUT2D eigenvalue weighted by atomic mass is 9.80. The van der Waals surface area contributed by atoms with Crippen LogP contribution >= 0.6 is 0 Å². The standard InChI is InChI=1S/C27H53NO4.C12H20O2.C11H21NO2.CH4/c1-9-20(3)30-18-22-11-13-23(14-12-22)19-31-21(4)15-24(10-2)32-25-16-26(5,6)28(29)27(7,8)17-25;1-3-13-9-11-5-7-12(8-6-11)10-14-4-2;1-6-14-9-7-10(2,3)12(13)11(4,5)8-9;/h20-25,29H,9-19H2,1-8H3;3-4,11-12H,1-2,5-10H2;6,9,13H,1,7-8H2,2-5H3;1H4. The van der Waals surface area contributed by atoms with E-state index >= 15 is 0 Å². The first kappa shape index (κ1) is 57.4. The highest BCUT2D eigenvalue weighted by Gasteiger charge is 2.47. The van der Waals surface area contributed by atoms with Gasteiger partial charge in [0.1, 0.15) is 6.10 Å². The van der Waals surface area contributed by atoms with E-state index in [0.29, 0.717) is 23.9 Å². The van der Waals surface area contributed by atoms with Gasteiger partial charge in [-0.25, -0.2) is 0 Å². The van der Waals surface area contributed by atoms with E-state index in [-0.39, 0.29) is 54.0 Å². The highest BCUT2D eigenvalue weighted by molar-refractivity contribution is 4.98. The fraction of sp³-hybridized carbons (Fsp3) is 0.882. The molecule has 0 aromatic heterocycles. The van der Waals surface area contributed by atoms with Crippen molar-refractivity contribution in [2.45, 2.75) is 239 Å². The number of piperidine rings is 2. The molecule has 360 valence electrons. The molecule has 2 aliphatic carbocycles. The van der Waals surface area contributed by atoms with E-state index in [1.807, 2.05) is 27.7 Å². The molecule has 2 N–H and O–H groups in total. The second kappa shape index (κ2) is 27.6. The maximum Gasteiger partial charge on any atom is 0.101 e.